The third-order valence-electron chi connectivity index (χ3n) is 3.17. The summed E-state index contributed by atoms with van der Waals surface area (Å²) in [6, 6.07) is 7.15. The molecule has 1 rings (SSSR count). The van der Waals surface area contributed by atoms with Gasteiger partial charge in [-0.2, -0.15) is 0 Å². The summed E-state index contributed by atoms with van der Waals surface area (Å²) in [5, 5.41) is 5.63. The number of likely N-dealkylation sites (N-methyl/N-ethyl adjacent to an activating group) is 1. The standard InChI is InChI=1S/C16H25N3O2/c1-4-5-8-11-17-16(21)18-14-10-7-6-9-13(14)12-15(20)19(2)3/h6-7,9-10H,4-5,8,11-12H2,1-3H3,(H2,17,18,21). The number of urea groups is 1. The molecule has 0 aliphatic carbocycles. The molecule has 2 N–H and O–H groups in total. The zero-order valence-corrected chi connectivity index (χ0v) is 13.1. The average molecular weight is 291 g/mol. The first kappa shape index (κ1) is 17.0. The van der Waals surface area contributed by atoms with Crippen molar-refractivity contribution in [3.8, 4) is 0 Å². The molecule has 0 unspecified atom stereocenters. The predicted molar refractivity (Wildman–Crippen MR) is 85.4 cm³/mol. The summed E-state index contributed by atoms with van der Waals surface area (Å²) in [6.07, 6.45) is 3.48. The Bertz CT molecular complexity index is 472. The van der Waals surface area contributed by atoms with Gasteiger partial charge in [0.05, 0.1) is 6.42 Å². The molecule has 0 saturated heterocycles. The third-order valence-corrected chi connectivity index (χ3v) is 3.17. The van der Waals surface area contributed by atoms with Crippen molar-refractivity contribution in [2.24, 2.45) is 0 Å². The lowest BCUT2D eigenvalue weighted by atomic mass is 10.1. The molecule has 0 aliphatic rings. The van der Waals surface area contributed by atoms with Gasteiger partial charge in [-0.05, 0) is 18.1 Å². The molecule has 0 fully saturated rings. The van der Waals surface area contributed by atoms with Crippen molar-refractivity contribution in [3.05, 3.63) is 29.8 Å². The van der Waals surface area contributed by atoms with Gasteiger partial charge in [0.1, 0.15) is 0 Å². The second-order valence-electron chi connectivity index (χ2n) is 5.21. The highest BCUT2D eigenvalue weighted by Gasteiger charge is 2.11. The van der Waals surface area contributed by atoms with Gasteiger partial charge >= 0.3 is 6.03 Å². The van der Waals surface area contributed by atoms with E-state index < -0.39 is 0 Å². The zero-order valence-electron chi connectivity index (χ0n) is 13.1. The van der Waals surface area contributed by atoms with E-state index in [0.29, 0.717) is 12.2 Å². The Kier molecular flexibility index (Phi) is 7.29. The van der Waals surface area contributed by atoms with Crippen molar-refractivity contribution in [2.75, 3.05) is 26.0 Å². The second kappa shape index (κ2) is 9.00. The SMILES string of the molecule is CCCCCNC(=O)Nc1ccccc1CC(=O)N(C)C. The van der Waals surface area contributed by atoms with Crippen molar-refractivity contribution in [2.45, 2.75) is 32.6 Å². The fourth-order valence-electron chi connectivity index (χ4n) is 1.86. The number of unbranched alkanes of at least 4 members (excludes halogenated alkanes) is 2. The van der Waals surface area contributed by atoms with Gasteiger partial charge in [-0.25, -0.2) is 4.79 Å². The average Bonchev–Trinajstić information content (AvgIpc) is 2.45. The lowest BCUT2D eigenvalue weighted by Gasteiger charge is -2.14. The van der Waals surface area contributed by atoms with Gasteiger partial charge in [-0.15, -0.1) is 0 Å². The van der Waals surface area contributed by atoms with Crippen LogP contribution in [0.4, 0.5) is 10.5 Å². The Balaban J connectivity index is 2.58. The van der Waals surface area contributed by atoms with Gasteiger partial charge in [0, 0.05) is 26.3 Å². The topological polar surface area (TPSA) is 61.4 Å². The minimum atomic E-state index is -0.226. The molecule has 0 radical (unpaired) electrons. The molecule has 0 aromatic heterocycles. The second-order valence-corrected chi connectivity index (χ2v) is 5.21. The van der Waals surface area contributed by atoms with E-state index in [9.17, 15) is 9.59 Å². The quantitative estimate of drug-likeness (QED) is 0.759. The molecule has 0 aliphatic heterocycles. The number of carbonyl (C=O) groups excluding carboxylic acids is 2. The van der Waals surface area contributed by atoms with Crippen LogP contribution in [0.1, 0.15) is 31.7 Å². The Morgan fingerprint density at radius 2 is 1.86 bits per heavy atom. The summed E-state index contributed by atoms with van der Waals surface area (Å²) in [7, 11) is 3.44. The summed E-state index contributed by atoms with van der Waals surface area (Å²) in [5.74, 6) is 0.00704. The molecule has 5 heteroatoms. The number of nitrogens with one attached hydrogen (secondary N) is 2. The number of amides is 3. The smallest absolute Gasteiger partial charge is 0.319 e. The minimum Gasteiger partial charge on any atom is -0.349 e. The van der Waals surface area contributed by atoms with Crippen LogP contribution in [0.15, 0.2) is 24.3 Å². The number of hydrogen-bond acceptors (Lipinski definition) is 2. The maximum Gasteiger partial charge on any atom is 0.319 e. The molecule has 1 aromatic carbocycles. The predicted octanol–water partition coefficient (Wildman–Crippen LogP) is 2.63. The first-order chi connectivity index (χ1) is 10.0. The van der Waals surface area contributed by atoms with Gasteiger partial charge in [0.15, 0.2) is 0 Å². The third kappa shape index (κ3) is 6.29. The molecule has 21 heavy (non-hydrogen) atoms. The maximum atomic E-state index is 11.8. The molecule has 0 bridgehead atoms. The van der Waals surface area contributed by atoms with Gasteiger partial charge in [-0.1, -0.05) is 38.0 Å². The molecule has 0 spiro atoms. The largest absolute Gasteiger partial charge is 0.349 e. The number of anilines is 1. The molecule has 0 atom stereocenters. The van der Waals surface area contributed by atoms with Crippen LogP contribution in [-0.2, 0) is 11.2 Å². The molecule has 0 saturated carbocycles. The van der Waals surface area contributed by atoms with Crippen LogP contribution in [0.2, 0.25) is 0 Å². The Morgan fingerprint density at radius 1 is 1.14 bits per heavy atom. The first-order valence-electron chi connectivity index (χ1n) is 7.37. The van der Waals surface area contributed by atoms with Gasteiger partial charge < -0.3 is 15.5 Å². The summed E-state index contributed by atoms with van der Waals surface area (Å²) in [4.78, 5) is 25.2. The van der Waals surface area contributed by atoms with Crippen LogP contribution >= 0.6 is 0 Å². The lowest BCUT2D eigenvalue weighted by molar-refractivity contribution is -0.127. The van der Waals surface area contributed by atoms with Gasteiger partial charge in [0.2, 0.25) is 5.91 Å². The molecule has 116 valence electrons. The molecule has 1 aromatic rings. The van der Waals surface area contributed by atoms with Crippen molar-refractivity contribution < 1.29 is 9.59 Å². The van der Waals surface area contributed by atoms with E-state index in [2.05, 4.69) is 17.6 Å². The van der Waals surface area contributed by atoms with Crippen molar-refractivity contribution >= 4 is 17.6 Å². The van der Waals surface area contributed by atoms with Crippen LogP contribution in [0.5, 0.6) is 0 Å². The van der Waals surface area contributed by atoms with Crippen molar-refractivity contribution in [1.82, 2.24) is 10.2 Å². The zero-order chi connectivity index (χ0) is 15.7. The molecular formula is C16H25N3O2. The summed E-state index contributed by atoms with van der Waals surface area (Å²) in [6.45, 7) is 2.79. The van der Waals surface area contributed by atoms with Gasteiger partial charge in [0.25, 0.3) is 0 Å². The van der Waals surface area contributed by atoms with E-state index in [4.69, 9.17) is 0 Å². The number of carbonyl (C=O) groups is 2. The Labute approximate surface area is 126 Å². The maximum absolute atomic E-state index is 11.8. The lowest BCUT2D eigenvalue weighted by Crippen LogP contribution is -2.30. The monoisotopic (exact) mass is 291 g/mol. The number of hydrogen-bond donors (Lipinski definition) is 2. The highest BCUT2D eigenvalue weighted by molar-refractivity contribution is 5.91. The van der Waals surface area contributed by atoms with Crippen LogP contribution in [-0.4, -0.2) is 37.5 Å². The van der Waals surface area contributed by atoms with E-state index in [-0.39, 0.29) is 18.4 Å². The summed E-state index contributed by atoms with van der Waals surface area (Å²) < 4.78 is 0. The van der Waals surface area contributed by atoms with Crippen LogP contribution < -0.4 is 10.6 Å². The van der Waals surface area contributed by atoms with E-state index in [1.54, 1.807) is 19.0 Å². The highest BCUT2D eigenvalue weighted by Crippen LogP contribution is 2.16. The summed E-state index contributed by atoms with van der Waals surface area (Å²) >= 11 is 0. The fraction of sp³-hybridized carbons (Fsp3) is 0.500. The van der Waals surface area contributed by atoms with Crippen LogP contribution in [0, 0.1) is 0 Å². The van der Waals surface area contributed by atoms with Crippen molar-refractivity contribution in [1.29, 1.82) is 0 Å². The fourth-order valence-corrected chi connectivity index (χ4v) is 1.86. The van der Waals surface area contributed by atoms with E-state index in [1.165, 1.54) is 0 Å². The van der Waals surface area contributed by atoms with Gasteiger partial charge in [-0.3, -0.25) is 4.79 Å². The normalized spacial score (nSPS) is 10.0. The molecular weight excluding hydrogens is 266 g/mol. The van der Waals surface area contributed by atoms with E-state index in [0.717, 1.165) is 24.8 Å². The Morgan fingerprint density at radius 3 is 2.52 bits per heavy atom. The first-order valence-corrected chi connectivity index (χ1v) is 7.37. The number of para-hydroxylation sites is 1. The molecule has 3 amide bonds. The number of rotatable bonds is 7. The minimum absolute atomic E-state index is 0.00704. The Hall–Kier alpha value is -2.04. The van der Waals surface area contributed by atoms with Crippen LogP contribution in [0.3, 0.4) is 0 Å². The summed E-state index contributed by atoms with van der Waals surface area (Å²) in [5.41, 5.74) is 1.50. The molecule has 0 heterocycles. The number of nitrogens with zero attached hydrogens (tertiary/aromatic N) is 1. The number of benzene rings is 1. The highest BCUT2D eigenvalue weighted by atomic mass is 16.2. The van der Waals surface area contributed by atoms with Crippen molar-refractivity contribution in [3.63, 3.8) is 0 Å². The van der Waals surface area contributed by atoms with E-state index >= 15 is 0 Å². The van der Waals surface area contributed by atoms with Crippen LogP contribution in [0.25, 0.3) is 0 Å². The molecule has 5 nitrogen and oxygen atoms in total. The van der Waals surface area contributed by atoms with E-state index in [1.807, 2.05) is 24.3 Å².